The first kappa shape index (κ1) is 8.98. The maximum Gasteiger partial charge on any atom is 0.131 e. The van der Waals surface area contributed by atoms with Gasteiger partial charge in [0.15, 0.2) is 0 Å². The number of halogens is 1. The molecule has 0 fully saturated rings. The lowest BCUT2D eigenvalue weighted by Gasteiger charge is -2.01. The smallest absolute Gasteiger partial charge is 0.131 e. The Morgan fingerprint density at radius 2 is 2.14 bits per heavy atom. The number of benzene rings is 1. The normalized spacial score (nSPS) is 10.1. The lowest BCUT2D eigenvalue weighted by Crippen LogP contribution is -1.86. The van der Waals surface area contributed by atoms with Crippen molar-refractivity contribution in [2.24, 2.45) is 0 Å². The van der Waals surface area contributed by atoms with E-state index in [9.17, 15) is 0 Å². The van der Waals surface area contributed by atoms with Crippen molar-refractivity contribution in [3.8, 4) is 6.07 Å². The topological polar surface area (TPSA) is 36.7 Å². The second-order valence-electron chi connectivity index (χ2n) is 3.12. The number of hydrogen-bond acceptors (Lipinski definition) is 2. The predicted molar refractivity (Wildman–Crippen MR) is 56.2 cm³/mol. The number of aromatic nitrogens is 1. The molecule has 1 heterocycles. The highest BCUT2D eigenvalue weighted by Crippen LogP contribution is 2.21. The Labute approximate surface area is 86.8 Å². The van der Waals surface area contributed by atoms with Crippen LogP contribution in [0.4, 0.5) is 0 Å². The van der Waals surface area contributed by atoms with Crippen molar-refractivity contribution in [3.05, 3.63) is 40.5 Å². The van der Waals surface area contributed by atoms with Crippen molar-refractivity contribution < 1.29 is 0 Å². The van der Waals surface area contributed by atoms with Crippen molar-refractivity contribution in [2.75, 3.05) is 0 Å². The number of aryl methyl sites for hydroxylation is 1. The summed E-state index contributed by atoms with van der Waals surface area (Å²) in [6.45, 7) is 1.98. The fourth-order valence-corrected chi connectivity index (χ4v) is 1.60. The third-order valence-electron chi connectivity index (χ3n) is 2.05. The fourth-order valence-electron chi connectivity index (χ4n) is 1.40. The van der Waals surface area contributed by atoms with E-state index in [1.54, 1.807) is 6.07 Å². The van der Waals surface area contributed by atoms with Crippen LogP contribution in [0.25, 0.3) is 10.9 Å². The molecule has 0 unspecified atom stereocenters. The molecule has 2 rings (SSSR count). The Morgan fingerprint density at radius 3 is 2.86 bits per heavy atom. The molecule has 0 aliphatic heterocycles. The molecule has 2 nitrogen and oxygen atoms in total. The van der Waals surface area contributed by atoms with Crippen LogP contribution in [0.15, 0.2) is 24.3 Å². The number of fused-ring (bicyclic) bond motifs is 1. The average Bonchev–Trinajstić information content (AvgIpc) is 2.17. The number of nitriles is 1. The minimum atomic E-state index is 0.359. The molecule has 2 aromatic rings. The van der Waals surface area contributed by atoms with Crippen molar-refractivity contribution in [2.45, 2.75) is 6.92 Å². The van der Waals surface area contributed by atoms with Gasteiger partial charge in [-0.3, -0.25) is 0 Å². The van der Waals surface area contributed by atoms with Crippen LogP contribution in [0.3, 0.4) is 0 Å². The minimum absolute atomic E-state index is 0.359. The maximum absolute atomic E-state index is 8.91. The number of pyridine rings is 1. The van der Waals surface area contributed by atoms with Gasteiger partial charge in [0.05, 0.1) is 17.1 Å². The molecule has 0 bridgehead atoms. The molecule has 14 heavy (non-hydrogen) atoms. The van der Waals surface area contributed by atoms with Gasteiger partial charge in [-0.1, -0.05) is 23.2 Å². The van der Waals surface area contributed by atoms with Gasteiger partial charge < -0.3 is 0 Å². The van der Waals surface area contributed by atoms with Gasteiger partial charge in [0.2, 0.25) is 0 Å². The van der Waals surface area contributed by atoms with Crippen LogP contribution >= 0.6 is 11.6 Å². The Bertz CT molecular complexity index is 541. The SMILES string of the molecule is Cc1ccc2nc(Cl)cc(C#N)c2c1. The molecular formula is C11H7ClN2. The highest BCUT2D eigenvalue weighted by molar-refractivity contribution is 6.30. The Hall–Kier alpha value is -1.59. The fraction of sp³-hybridized carbons (Fsp3) is 0.0909. The van der Waals surface area contributed by atoms with Crippen LogP contribution < -0.4 is 0 Å². The first-order chi connectivity index (χ1) is 6.70. The average molecular weight is 203 g/mol. The Kier molecular flexibility index (Phi) is 2.11. The van der Waals surface area contributed by atoms with Gasteiger partial charge in [0.1, 0.15) is 5.15 Å². The zero-order chi connectivity index (χ0) is 10.1. The van der Waals surface area contributed by atoms with Gasteiger partial charge in [0, 0.05) is 5.39 Å². The summed E-state index contributed by atoms with van der Waals surface area (Å²) in [5.41, 5.74) is 2.45. The van der Waals surface area contributed by atoms with Crippen LogP contribution in [0.1, 0.15) is 11.1 Å². The van der Waals surface area contributed by atoms with E-state index in [4.69, 9.17) is 16.9 Å². The Balaban J connectivity index is 2.90. The first-order valence-corrected chi connectivity index (χ1v) is 4.55. The van der Waals surface area contributed by atoms with Gasteiger partial charge >= 0.3 is 0 Å². The van der Waals surface area contributed by atoms with E-state index in [1.807, 2.05) is 25.1 Å². The summed E-state index contributed by atoms with van der Waals surface area (Å²) in [6, 6.07) is 9.47. The van der Waals surface area contributed by atoms with E-state index in [0.29, 0.717) is 10.7 Å². The molecule has 0 saturated heterocycles. The van der Waals surface area contributed by atoms with Crippen molar-refractivity contribution in [3.63, 3.8) is 0 Å². The van der Waals surface area contributed by atoms with Gasteiger partial charge in [-0.05, 0) is 25.1 Å². The van der Waals surface area contributed by atoms with Crippen LogP contribution in [0.5, 0.6) is 0 Å². The van der Waals surface area contributed by atoms with Crippen molar-refractivity contribution in [1.82, 2.24) is 4.98 Å². The van der Waals surface area contributed by atoms with Crippen molar-refractivity contribution in [1.29, 1.82) is 5.26 Å². The monoisotopic (exact) mass is 202 g/mol. The molecule has 3 heteroatoms. The minimum Gasteiger partial charge on any atom is -0.236 e. The largest absolute Gasteiger partial charge is 0.236 e. The summed E-state index contributed by atoms with van der Waals surface area (Å²) >= 11 is 5.78. The zero-order valence-electron chi connectivity index (χ0n) is 7.58. The van der Waals surface area contributed by atoms with Gasteiger partial charge in [0.25, 0.3) is 0 Å². The van der Waals surface area contributed by atoms with Crippen LogP contribution in [0, 0.1) is 18.3 Å². The number of nitrogens with zero attached hydrogens (tertiary/aromatic N) is 2. The third-order valence-corrected chi connectivity index (χ3v) is 2.25. The van der Waals surface area contributed by atoms with Gasteiger partial charge in [-0.2, -0.15) is 5.26 Å². The molecule has 0 N–H and O–H groups in total. The molecule has 0 radical (unpaired) electrons. The van der Waals surface area contributed by atoms with Gasteiger partial charge in [-0.25, -0.2) is 4.98 Å². The highest BCUT2D eigenvalue weighted by Gasteiger charge is 2.03. The summed E-state index contributed by atoms with van der Waals surface area (Å²) < 4.78 is 0. The first-order valence-electron chi connectivity index (χ1n) is 4.18. The molecule has 1 aromatic carbocycles. The van der Waals surface area contributed by atoms with E-state index in [1.165, 1.54) is 0 Å². The van der Waals surface area contributed by atoms with E-state index < -0.39 is 0 Å². The van der Waals surface area contributed by atoms with E-state index >= 15 is 0 Å². The molecule has 0 saturated carbocycles. The van der Waals surface area contributed by atoms with Crippen molar-refractivity contribution >= 4 is 22.5 Å². The molecule has 0 amide bonds. The molecule has 0 aliphatic carbocycles. The zero-order valence-corrected chi connectivity index (χ0v) is 8.34. The van der Waals surface area contributed by atoms with Crippen LogP contribution in [-0.2, 0) is 0 Å². The second kappa shape index (κ2) is 3.28. The highest BCUT2D eigenvalue weighted by atomic mass is 35.5. The molecule has 1 aromatic heterocycles. The Morgan fingerprint density at radius 1 is 1.36 bits per heavy atom. The predicted octanol–water partition coefficient (Wildman–Crippen LogP) is 3.07. The van der Waals surface area contributed by atoms with Gasteiger partial charge in [-0.15, -0.1) is 0 Å². The maximum atomic E-state index is 8.91. The summed E-state index contributed by atoms with van der Waals surface area (Å²) in [4.78, 5) is 4.14. The summed E-state index contributed by atoms with van der Waals surface area (Å²) in [7, 11) is 0. The van der Waals surface area contributed by atoms with Crippen LogP contribution in [0.2, 0.25) is 5.15 Å². The number of hydrogen-bond donors (Lipinski definition) is 0. The lowest BCUT2D eigenvalue weighted by atomic mass is 10.1. The molecule has 0 aliphatic rings. The number of rotatable bonds is 0. The quantitative estimate of drug-likeness (QED) is 0.616. The van der Waals surface area contributed by atoms with E-state index in [2.05, 4.69) is 11.1 Å². The second-order valence-corrected chi connectivity index (χ2v) is 3.51. The summed E-state index contributed by atoms with van der Waals surface area (Å²) in [5.74, 6) is 0. The molecular weight excluding hydrogens is 196 g/mol. The molecule has 68 valence electrons. The third kappa shape index (κ3) is 1.43. The standard InChI is InChI=1S/C11H7ClN2/c1-7-2-3-10-9(4-7)8(6-13)5-11(12)14-10/h2-5H,1H3. The molecule has 0 spiro atoms. The summed E-state index contributed by atoms with van der Waals surface area (Å²) in [6.07, 6.45) is 0. The van der Waals surface area contributed by atoms with E-state index in [-0.39, 0.29) is 0 Å². The summed E-state index contributed by atoms with van der Waals surface area (Å²) in [5, 5.41) is 10.1. The lowest BCUT2D eigenvalue weighted by molar-refractivity contribution is 1.37. The van der Waals surface area contributed by atoms with Crippen LogP contribution in [-0.4, -0.2) is 4.98 Å². The molecule has 0 atom stereocenters. The van der Waals surface area contributed by atoms with E-state index in [0.717, 1.165) is 16.5 Å².